The van der Waals surface area contributed by atoms with E-state index in [1.807, 2.05) is 0 Å². The molecular formula is C18H17Cl2FN4O4. The van der Waals surface area contributed by atoms with Crippen molar-refractivity contribution in [3.8, 4) is 17.3 Å². The van der Waals surface area contributed by atoms with Crippen molar-refractivity contribution in [2.75, 3.05) is 19.7 Å². The number of nitrogens with one attached hydrogen (secondary N) is 2. The van der Waals surface area contributed by atoms with Crippen molar-refractivity contribution in [1.29, 1.82) is 0 Å². The zero-order chi connectivity index (χ0) is 19.5. The number of H-pyrrole nitrogens is 1. The highest BCUT2D eigenvalue weighted by Gasteiger charge is 2.30. The molecule has 2 N–H and O–H groups in total. The first-order valence-corrected chi connectivity index (χ1v) is 8.95. The summed E-state index contributed by atoms with van der Waals surface area (Å²) in [6, 6.07) is 7.90. The normalized spacial score (nSPS) is 19.2. The van der Waals surface area contributed by atoms with E-state index in [1.54, 1.807) is 24.4 Å². The summed E-state index contributed by atoms with van der Waals surface area (Å²) in [5.41, 5.74) is 1.06. The number of halogens is 3. The predicted octanol–water partition coefficient (Wildman–Crippen LogP) is 2.75. The Bertz CT molecular complexity index is 1030. The van der Waals surface area contributed by atoms with E-state index in [4.69, 9.17) is 21.1 Å². The fourth-order valence-electron chi connectivity index (χ4n) is 2.97. The number of rotatable bonds is 4. The smallest absolute Gasteiger partial charge is 0.439 e. The minimum Gasteiger partial charge on any atom is -0.469 e. The molecule has 1 saturated heterocycles. The van der Waals surface area contributed by atoms with Crippen LogP contribution in [-0.4, -0.2) is 40.9 Å². The van der Waals surface area contributed by atoms with Gasteiger partial charge in [0, 0.05) is 19.3 Å². The summed E-state index contributed by atoms with van der Waals surface area (Å²) in [7, 11) is 0. The van der Waals surface area contributed by atoms with Gasteiger partial charge in [-0.15, -0.1) is 12.4 Å². The Morgan fingerprint density at radius 1 is 1.31 bits per heavy atom. The van der Waals surface area contributed by atoms with Gasteiger partial charge in [-0.3, -0.25) is 9.51 Å². The van der Waals surface area contributed by atoms with E-state index in [0.717, 1.165) is 0 Å². The lowest BCUT2D eigenvalue weighted by atomic mass is 10.0. The van der Waals surface area contributed by atoms with Crippen molar-refractivity contribution in [1.82, 2.24) is 20.4 Å². The molecule has 2 unspecified atom stereocenters. The van der Waals surface area contributed by atoms with Gasteiger partial charge in [0.1, 0.15) is 18.0 Å². The van der Waals surface area contributed by atoms with E-state index in [-0.39, 0.29) is 29.1 Å². The summed E-state index contributed by atoms with van der Waals surface area (Å²) >= 11 is 5.79. The molecule has 154 valence electrons. The quantitative estimate of drug-likeness (QED) is 0.640. The molecule has 0 bridgehead atoms. The Kier molecular flexibility index (Phi) is 6.86. The topological polar surface area (TPSA) is 102 Å². The number of pyridine rings is 1. The number of benzene rings is 1. The molecule has 2 atom stereocenters. The standard InChI is InChI=1S/C18H16ClFN4O4.ClH/c19-12-4-3-10(8-13(12)20)15-14(9-21-6-7-26-15)27-17-11(2-1-5-22-17)16-23-18(25)28-24-16;/h1-5,8,14-15,21H,6-7,9H2,(H,23,24,25);1H. The van der Waals surface area contributed by atoms with Gasteiger partial charge in [0.2, 0.25) is 5.88 Å². The zero-order valence-corrected chi connectivity index (χ0v) is 16.5. The number of aromatic amines is 1. The maximum Gasteiger partial charge on any atom is 0.439 e. The minimum absolute atomic E-state index is 0. The van der Waals surface area contributed by atoms with E-state index >= 15 is 0 Å². The van der Waals surface area contributed by atoms with Gasteiger partial charge in [0.25, 0.3) is 0 Å². The first-order chi connectivity index (χ1) is 13.6. The Morgan fingerprint density at radius 3 is 2.93 bits per heavy atom. The molecule has 1 aliphatic heterocycles. The molecule has 1 aliphatic rings. The van der Waals surface area contributed by atoms with Crippen LogP contribution in [0.4, 0.5) is 4.39 Å². The van der Waals surface area contributed by atoms with E-state index in [9.17, 15) is 9.18 Å². The highest BCUT2D eigenvalue weighted by Crippen LogP contribution is 2.31. The SMILES string of the molecule is Cl.O=c1[nH]c(-c2cccnc2OC2CNCCOC2c2ccc(Cl)c(F)c2)no1. The van der Waals surface area contributed by atoms with Crippen LogP contribution in [0.15, 0.2) is 45.8 Å². The van der Waals surface area contributed by atoms with Crippen molar-refractivity contribution in [3.63, 3.8) is 0 Å². The van der Waals surface area contributed by atoms with Gasteiger partial charge < -0.3 is 14.8 Å². The van der Waals surface area contributed by atoms with E-state index in [0.29, 0.717) is 30.8 Å². The number of ether oxygens (including phenoxy) is 2. The molecule has 3 heterocycles. The van der Waals surface area contributed by atoms with Crippen LogP contribution in [0, 0.1) is 5.82 Å². The second-order valence-electron chi connectivity index (χ2n) is 6.13. The van der Waals surface area contributed by atoms with Crippen molar-refractivity contribution in [3.05, 3.63) is 63.5 Å². The van der Waals surface area contributed by atoms with Crippen LogP contribution in [-0.2, 0) is 4.74 Å². The zero-order valence-electron chi connectivity index (χ0n) is 14.9. The van der Waals surface area contributed by atoms with Crippen LogP contribution in [0.5, 0.6) is 5.88 Å². The molecule has 0 saturated carbocycles. The molecule has 0 radical (unpaired) electrons. The van der Waals surface area contributed by atoms with E-state index < -0.39 is 23.8 Å². The molecule has 11 heteroatoms. The fraction of sp³-hybridized carbons (Fsp3) is 0.278. The van der Waals surface area contributed by atoms with Gasteiger partial charge in [-0.05, 0) is 29.8 Å². The second kappa shape index (κ2) is 9.36. The van der Waals surface area contributed by atoms with Gasteiger partial charge in [-0.2, -0.15) is 0 Å². The third-order valence-electron chi connectivity index (χ3n) is 4.26. The molecule has 4 rings (SSSR count). The average molecular weight is 443 g/mol. The summed E-state index contributed by atoms with van der Waals surface area (Å²) in [4.78, 5) is 18.0. The highest BCUT2D eigenvalue weighted by molar-refractivity contribution is 6.30. The van der Waals surface area contributed by atoms with Crippen molar-refractivity contribution < 1.29 is 18.4 Å². The van der Waals surface area contributed by atoms with E-state index in [2.05, 4.69) is 25.0 Å². The highest BCUT2D eigenvalue weighted by atomic mass is 35.5. The summed E-state index contributed by atoms with van der Waals surface area (Å²) < 4.78 is 30.5. The second-order valence-corrected chi connectivity index (χ2v) is 6.53. The lowest BCUT2D eigenvalue weighted by Crippen LogP contribution is -2.34. The molecule has 0 aliphatic carbocycles. The molecule has 1 aromatic carbocycles. The predicted molar refractivity (Wildman–Crippen MR) is 105 cm³/mol. The van der Waals surface area contributed by atoms with Crippen LogP contribution in [0.1, 0.15) is 11.7 Å². The maximum absolute atomic E-state index is 14.0. The van der Waals surface area contributed by atoms with Crippen LogP contribution in [0.25, 0.3) is 11.4 Å². The van der Waals surface area contributed by atoms with Gasteiger partial charge in [-0.25, -0.2) is 14.2 Å². The first-order valence-electron chi connectivity index (χ1n) is 8.57. The van der Waals surface area contributed by atoms with Crippen LogP contribution in [0.2, 0.25) is 5.02 Å². The Hall–Kier alpha value is -2.46. The minimum atomic E-state index is -0.682. The Balaban J connectivity index is 0.00000240. The molecule has 0 spiro atoms. The summed E-state index contributed by atoms with van der Waals surface area (Å²) in [5.74, 6) is -0.773. The molecule has 2 aromatic heterocycles. The largest absolute Gasteiger partial charge is 0.469 e. The van der Waals surface area contributed by atoms with Crippen LogP contribution in [0.3, 0.4) is 0 Å². The van der Waals surface area contributed by atoms with Crippen LogP contribution >= 0.6 is 24.0 Å². The maximum atomic E-state index is 14.0. The molecule has 3 aromatic rings. The van der Waals surface area contributed by atoms with Gasteiger partial charge in [-0.1, -0.05) is 22.8 Å². The third kappa shape index (κ3) is 4.76. The summed E-state index contributed by atoms with van der Waals surface area (Å²) in [6.07, 6.45) is 0.488. The van der Waals surface area contributed by atoms with Crippen molar-refractivity contribution >= 4 is 24.0 Å². The summed E-state index contributed by atoms with van der Waals surface area (Å²) in [5, 5.41) is 6.94. The Morgan fingerprint density at radius 2 is 2.17 bits per heavy atom. The number of aromatic nitrogens is 3. The monoisotopic (exact) mass is 442 g/mol. The number of hydrogen-bond acceptors (Lipinski definition) is 7. The van der Waals surface area contributed by atoms with Gasteiger partial charge in [0.15, 0.2) is 5.82 Å². The van der Waals surface area contributed by atoms with Crippen LogP contribution < -0.4 is 15.8 Å². The molecular weight excluding hydrogens is 426 g/mol. The molecule has 0 amide bonds. The van der Waals surface area contributed by atoms with E-state index in [1.165, 1.54) is 12.1 Å². The first kappa shape index (κ1) is 21.3. The van der Waals surface area contributed by atoms with Gasteiger partial charge in [0.05, 0.1) is 17.2 Å². The lowest BCUT2D eigenvalue weighted by molar-refractivity contribution is -0.00996. The van der Waals surface area contributed by atoms with Gasteiger partial charge >= 0.3 is 5.76 Å². The number of hydrogen-bond donors (Lipinski definition) is 2. The number of nitrogens with zero attached hydrogens (tertiary/aromatic N) is 2. The van der Waals surface area contributed by atoms with Crippen molar-refractivity contribution in [2.24, 2.45) is 0 Å². The average Bonchev–Trinajstić information content (AvgIpc) is 2.99. The third-order valence-corrected chi connectivity index (χ3v) is 4.57. The molecule has 8 nitrogen and oxygen atoms in total. The Labute approximate surface area is 175 Å². The van der Waals surface area contributed by atoms with Crippen molar-refractivity contribution in [2.45, 2.75) is 12.2 Å². The fourth-order valence-corrected chi connectivity index (χ4v) is 3.09. The summed E-state index contributed by atoms with van der Waals surface area (Å²) in [6.45, 7) is 1.50. The molecule has 29 heavy (non-hydrogen) atoms. The molecule has 1 fully saturated rings. The lowest BCUT2D eigenvalue weighted by Gasteiger charge is -2.26.